The number of aryl methyl sites for hydroxylation is 1. The van der Waals surface area contributed by atoms with Crippen LogP contribution in [0.2, 0.25) is 0 Å². The molecule has 198 valence electrons. The first-order valence-electron chi connectivity index (χ1n) is 13.3. The second kappa shape index (κ2) is 12.1. The van der Waals surface area contributed by atoms with Gasteiger partial charge in [-0.3, -0.25) is 4.79 Å². The molecule has 2 N–H and O–H groups in total. The van der Waals surface area contributed by atoms with Gasteiger partial charge in [0.1, 0.15) is 5.75 Å². The Kier molecular flexibility index (Phi) is 8.23. The molecule has 1 aliphatic heterocycles. The first-order valence-corrected chi connectivity index (χ1v) is 13.7. The minimum absolute atomic E-state index is 0.160. The number of fused-ring (bicyclic) bond motifs is 1. The van der Waals surface area contributed by atoms with E-state index in [4.69, 9.17) is 17.0 Å². The summed E-state index contributed by atoms with van der Waals surface area (Å²) in [5, 5.41) is 7.26. The van der Waals surface area contributed by atoms with Crippen LogP contribution < -0.4 is 15.4 Å². The first-order chi connectivity index (χ1) is 19.1. The van der Waals surface area contributed by atoms with E-state index in [1.165, 1.54) is 22.3 Å². The number of amides is 1. The minimum Gasteiger partial charge on any atom is -0.496 e. The molecule has 0 unspecified atom stereocenters. The third kappa shape index (κ3) is 6.13. The number of nitrogens with one attached hydrogen (secondary N) is 2. The molecule has 0 aliphatic carbocycles. The van der Waals surface area contributed by atoms with Crippen molar-refractivity contribution in [2.45, 2.75) is 32.9 Å². The van der Waals surface area contributed by atoms with E-state index in [9.17, 15) is 4.79 Å². The Morgan fingerprint density at radius 1 is 0.923 bits per heavy atom. The molecule has 0 saturated carbocycles. The van der Waals surface area contributed by atoms with Gasteiger partial charge in [-0.05, 0) is 77.1 Å². The number of methoxy groups -OCH3 is 1. The van der Waals surface area contributed by atoms with Crippen LogP contribution in [0.25, 0.3) is 11.1 Å². The predicted molar refractivity (Wildman–Crippen MR) is 162 cm³/mol. The van der Waals surface area contributed by atoms with Gasteiger partial charge in [-0.1, -0.05) is 73.7 Å². The van der Waals surface area contributed by atoms with E-state index in [2.05, 4.69) is 71.0 Å². The van der Waals surface area contributed by atoms with E-state index in [0.717, 1.165) is 47.9 Å². The summed E-state index contributed by atoms with van der Waals surface area (Å²) >= 11 is 5.67. The molecule has 0 fully saturated rings. The van der Waals surface area contributed by atoms with Crippen molar-refractivity contribution < 1.29 is 9.53 Å². The quantitative estimate of drug-likeness (QED) is 0.261. The summed E-state index contributed by atoms with van der Waals surface area (Å²) in [6.45, 7) is 4.42. The minimum atomic E-state index is -0.160. The molecule has 4 aromatic rings. The van der Waals surface area contributed by atoms with Crippen molar-refractivity contribution in [3.05, 3.63) is 119 Å². The van der Waals surface area contributed by atoms with E-state index in [1.807, 2.05) is 42.5 Å². The molecule has 0 aromatic heterocycles. The van der Waals surface area contributed by atoms with Crippen LogP contribution in [0.1, 0.15) is 39.5 Å². The summed E-state index contributed by atoms with van der Waals surface area (Å²) in [5.74, 6) is 0.515. The van der Waals surface area contributed by atoms with Crippen molar-refractivity contribution in [1.82, 2.24) is 10.2 Å². The van der Waals surface area contributed by atoms with Crippen LogP contribution in [0.5, 0.6) is 5.75 Å². The molecule has 6 heteroatoms. The van der Waals surface area contributed by atoms with Gasteiger partial charge in [0.05, 0.1) is 12.7 Å². The molecule has 0 saturated heterocycles. The van der Waals surface area contributed by atoms with Gasteiger partial charge in [-0.15, -0.1) is 0 Å². The zero-order chi connectivity index (χ0) is 27.2. The third-order valence-electron chi connectivity index (χ3n) is 7.19. The van der Waals surface area contributed by atoms with E-state index < -0.39 is 0 Å². The number of rotatable bonds is 7. The second-order valence-corrected chi connectivity index (χ2v) is 10.1. The Hall–Kier alpha value is -4.16. The van der Waals surface area contributed by atoms with Crippen LogP contribution in [0.3, 0.4) is 0 Å². The van der Waals surface area contributed by atoms with Gasteiger partial charge < -0.3 is 20.3 Å². The number of benzene rings is 4. The molecule has 5 nitrogen and oxygen atoms in total. The highest BCUT2D eigenvalue weighted by Gasteiger charge is 2.21. The Morgan fingerprint density at radius 3 is 2.46 bits per heavy atom. The Labute approximate surface area is 235 Å². The molecule has 0 bridgehead atoms. The lowest BCUT2D eigenvalue weighted by molar-refractivity contribution is 0.102. The predicted octanol–water partition coefficient (Wildman–Crippen LogP) is 6.61. The Bertz CT molecular complexity index is 1470. The van der Waals surface area contributed by atoms with Crippen LogP contribution in [0.15, 0.2) is 91.0 Å². The molecule has 0 radical (unpaired) electrons. The van der Waals surface area contributed by atoms with E-state index in [1.54, 1.807) is 7.11 Å². The topological polar surface area (TPSA) is 53.6 Å². The van der Waals surface area contributed by atoms with Gasteiger partial charge in [0, 0.05) is 30.9 Å². The van der Waals surface area contributed by atoms with Crippen LogP contribution in [-0.2, 0) is 25.9 Å². The highest BCUT2D eigenvalue weighted by molar-refractivity contribution is 7.80. The van der Waals surface area contributed by atoms with Crippen LogP contribution in [-0.4, -0.2) is 29.6 Å². The zero-order valence-corrected chi connectivity index (χ0v) is 23.2. The van der Waals surface area contributed by atoms with Gasteiger partial charge in [-0.25, -0.2) is 0 Å². The fourth-order valence-corrected chi connectivity index (χ4v) is 5.21. The molecule has 4 aromatic carbocycles. The average Bonchev–Trinajstić information content (AvgIpc) is 2.99. The molecule has 1 aliphatic rings. The third-order valence-corrected chi connectivity index (χ3v) is 7.59. The largest absolute Gasteiger partial charge is 0.496 e. The Balaban J connectivity index is 1.29. The van der Waals surface area contributed by atoms with E-state index in [0.29, 0.717) is 17.9 Å². The molecule has 1 amide bonds. The maximum atomic E-state index is 13.5. The summed E-state index contributed by atoms with van der Waals surface area (Å²) in [7, 11) is 1.64. The number of nitrogens with zero attached hydrogens (tertiary/aromatic N) is 1. The number of thiocarbonyl (C=S) groups is 1. The van der Waals surface area contributed by atoms with Crippen molar-refractivity contribution >= 4 is 28.9 Å². The average molecular weight is 536 g/mol. The molecule has 0 spiro atoms. The summed E-state index contributed by atoms with van der Waals surface area (Å²) in [6.07, 6.45) is 1.83. The van der Waals surface area contributed by atoms with Crippen molar-refractivity contribution in [1.29, 1.82) is 0 Å². The fraction of sp³-hybridized carbons (Fsp3) is 0.212. The second-order valence-electron chi connectivity index (χ2n) is 9.69. The number of hydrogen-bond donors (Lipinski definition) is 2. The van der Waals surface area contributed by atoms with Crippen molar-refractivity contribution in [2.24, 2.45) is 0 Å². The van der Waals surface area contributed by atoms with Crippen molar-refractivity contribution in [3.63, 3.8) is 0 Å². The normalized spacial score (nSPS) is 12.4. The van der Waals surface area contributed by atoms with Gasteiger partial charge in [-0.2, -0.15) is 0 Å². The molecular formula is C33H33N3O2S. The molecule has 0 atom stereocenters. The maximum Gasteiger partial charge on any atom is 0.256 e. The number of ether oxygens (including phenoxy) is 1. The fourth-order valence-electron chi connectivity index (χ4n) is 4.98. The van der Waals surface area contributed by atoms with Gasteiger partial charge in [0.2, 0.25) is 0 Å². The van der Waals surface area contributed by atoms with E-state index in [-0.39, 0.29) is 5.91 Å². The van der Waals surface area contributed by atoms with Crippen LogP contribution in [0.4, 0.5) is 5.69 Å². The van der Waals surface area contributed by atoms with E-state index >= 15 is 0 Å². The monoisotopic (exact) mass is 535 g/mol. The standard InChI is InChI=1S/C33H33N3O2S/c1-3-23-12-14-25(15-13-23)31-29(10-7-11-30(31)38-2)32(37)35-28-17-16-27-22-36(19-18-26(27)20-28)33(39)34-21-24-8-5-4-6-9-24/h4-17,20H,3,18-19,21-22H2,1-2H3,(H,34,39)(H,35,37). The lowest BCUT2D eigenvalue weighted by atomic mass is 9.96. The number of carbonyl (C=O) groups is 1. The maximum absolute atomic E-state index is 13.5. The number of carbonyl (C=O) groups excluding carboxylic acids is 1. The molecule has 39 heavy (non-hydrogen) atoms. The lowest BCUT2D eigenvalue weighted by Crippen LogP contribution is -2.42. The van der Waals surface area contributed by atoms with Crippen molar-refractivity contribution in [2.75, 3.05) is 19.0 Å². The van der Waals surface area contributed by atoms with Gasteiger partial charge in [0.15, 0.2) is 5.11 Å². The van der Waals surface area contributed by atoms with Gasteiger partial charge >= 0.3 is 0 Å². The highest BCUT2D eigenvalue weighted by atomic mass is 32.1. The van der Waals surface area contributed by atoms with Crippen molar-refractivity contribution in [3.8, 4) is 16.9 Å². The summed E-state index contributed by atoms with van der Waals surface area (Å²) in [6, 6.07) is 30.3. The molecule has 1 heterocycles. The van der Waals surface area contributed by atoms with Crippen LogP contribution in [0, 0.1) is 0 Å². The molecule has 5 rings (SSSR count). The molecular weight excluding hydrogens is 502 g/mol. The Morgan fingerprint density at radius 2 is 1.72 bits per heavy atom. The SMILES string of the molecule is CCc1ccc(-c2c(OC)cccc2C(=O)Nc2ccc3c(c2)CCN(C(=S)NCc2ccccc2)C3)cc1. The first kappa shape index (κ1) is 26.4. The smallest absolute Gasteiger partial charge is 0.256 e. The summed E-state index contributed by atoms with van der Waals surface area (Å²) < 4.78 is 5.64. The van der Waals surface area contributed by atoms with Crippen LogP contribution >= 0.6 is 12.2 Å². The lowest BCUT2D eigenvalue weighted by Gasteiger charge is -2.31. The summed E-state index contributed by atoms with van der Waals surface area (Å²) in [4.78, 5) is 15.7. The zero-order valence-electron chi connectivity index (χ0n) is 22.4. The summed E-state index contributed by atoms with van der Waals surface area (Å²) in [5.41, 5.74) is 8.03. The van der Waals surface area contributed by atoms with Gasteiger partial charge in [0.25, 0.3) is 5.91 Å². The number of anilines is 1. The highest BCUT2D eigenvalue weighted by Crippen LogP contribution is 2.34. The number of hydrogen-bond acceptors (Lipinski definition) is 3.